The number of likely N-dealkylation sites (tertiary alicyclic amines) is 1. The van der Waals surface area contributed by atoms with Crippen LogP contribution in [0.15, 0.2) is 18.7 Å². The highest BCUT2D eigenvalue weighted by Gasteiger charge is 2.50. The molecule has 2 aliphatic rings. The second kappa shape index (κ2) is 5.54. The molecule has 2 saturated heterocycles. The van der Waals surface area contributed by atoms with E-state index in [1.165, 1.54) is 0 Å². The van der Waals surface area contributed by atoms with Crippen LogP contribution in [-0.4, -0.2) is 59.4 Å². The lowest BCUT2D eigenvalue weighted by Gasteiger charge is -2.47. The Balaban J connectivity index is 1.45. The van der Waals surface area contributed by atoms with Crippen molar-refractivity contribution < 1.29 is 14.3 Å². The minimum absolute atomic E-state index is 0.0804. The standard InChI is InChI=1S/C14H21N3O3/c1-19-5-2-12-6-14(20-8-12)9-17(10-14)13(18)7-16-4-3-15-11-16/h3-4,11-12H,2,5-10H2,1H3. The molecule has 0 saturated carbocycles. The Morgan fingerprint density at radius 1 is 1.55 bits per heavy atom. The molecule has 2 fully saturated rings. The Labute approximate surface area is 118 Å². The van der Waals surface area contributed by atoms with Crippen molar-refractivity contribution >= 4 is 5.91 Å². The van der Waals surface area contributed by atoms with Crippen LogP contribution in [0.3, 0.4) is 0 Å². The first-order valence-electron chi connectivity index (χ1n) is 7.07. The molecule has 6 nitrogen and oxygen atoms in total. The zero-order valence-electron chi connectivity index (χ0n) is 11.8. The number of hydrogen-bond acceptors (Lipinski definition) is 4. The highest BCUT2D eigenvalue weighted by atomic mass is 16.5. The normalized spacial score (nSPS) is 24.1. The van der Waals surface area contributed by atoms with E-state index in [0.717, 1.165) is 39.1 Å². The summed E-state index contributed by atoms with van der Waals surface area (Å²) in [6, 6.07) is 0. The lowest BCUT2D eigenvalue weighted by molar-refractivity contribution is -0.158. The van der Waals surface area contributed by atoms with Gasteiger partial charge in [-0.05, 0) is 18.8 Å². The van der Waals surface area contributed by atoms with E-state index >= 15 is 0 Å². The molecule has 0 radical (unpaired) electrons. The van der Waals surface area contributed by atoms with Crippen molar-refractivity contribution in [3.05, 3.63) is 18.7 Å². The Bertz CT molecular complexity index is 454. The van der Waals surface area contributed by atoms with Gasteiger partial charge in [0.1, 0.15) is 12.1 Å². The van der Waals surface area contributed by atoms with Gasteiger partial charge in [0.2, 0.25) is 5.91 Å². The highest BCUT2D eigenvalue weighted by molar-refractivity contribution is 5.77. The second-order valence-electron chi connectivity index (χ2n) is 5.83. The minimum Gasteiger partial charge on any atom is -0.385 e. The van der Waals surface area contributed by atoms with Crippen LogP contribution < -0.4 is 0 Å². The molecular weight excluding hydrogens is 258 g/mol. The third kappa shape index (κ3) is 2.71. The Kier molecular flexibility index (Phi) is 3.76. The average molecular weight is 279 g/mol. The van der Waals surface area contributed by atoms with E-state index < -0.39 is 0 Å². The fourth-order valence-corrected chi connectivity index (χ4v) is 3.09. The predicted octanol–water partition coefficient (Wildman–Crippen LogP) is 0.537. The maximum atomic E-state index is 12.1. The molecule has 6 heteroatoms. The number of ether oxygens (including phenoxy) is 2. The number of rotatable bonds is 5. The third-order valence-electron chi connectivity index (χ3n) is 4.20. The maximum absolute atomic E-state index is 12.1. The van der Waals surface area contributed by atoms with Crippen molar-refractivity contribution in [3.63, 3.8) is 0 Å². The van der Waals surface area contributed by atoms with Gasteiger partial charge in [0.25, 0.3) is 0 Å². The molecule has 1 spiro atoms. The molecule has 0 bridgehead atoms. The van der Waals surface area contributed by atoms with Gasteiger partial charge in [-0.15, -0.1) is 0 Å². The Morgan fingerprint density at radius 2 is 2.40 bits per heavy atom. The molecule has 110 valence electrons. The fourth-order valence-electron chi connectivity index (χ4n) is 3.09. The van der Waals surface area contributed by atoms with Crippen molar-refractivity contribution in [1.29, 1.82) is 0 Å². The van der Waals surface area contributed by atoms with Gasteiger partial charge in [-0.25, -0.2) is 4.98 Å². The second-order valence-corrected chi connectivity index (χ2v) is 5.83. The van der Waals surface area contributed by atoms with Crippen LogP contribution in [0.4, 0.5) is 0 Å². The number of imidazole rings is 1. The summed E-state index contributed by atoms with van der Waals surface area (Å²) in [6.07, 6.45) is 7.25. The number of aromatic nitrogens is 2. The summed E-state index contributed by atoms with van der Waals surface area (Å²) in [6.45, 7) is 3.40. The number of carbonyl (C=O) groups is 1. The zero-order valence-corrected chi connectivity index (χ0v) is 11.8. The van der Waals surface area contributed by atoms with Gasteiger partial charge in [0.05, 0.1) is 26.0 Å². The van der Waals surface area contributed by atoms with E-state index in [1.807, 2.05) is 4.90 Å². The number of amides is 1. The first kappa shape index (κ1) is 13.6. The lowest BCUT2D eigenvalue weighted by Crippen LogP contribution is -2.63. The summed E-state index contributed by atoms with van der Waals surface area (Å²) >= 11 is 0. The molecule has 1 atom stereocenters. The molecule has 3 rings (SSSR count). The van der Waals surface area contributed by atoms with E-state index in [-0.39, 0.29) is 11.5 Å². The average Bonchev–Trinajstić information content (AvgIpc) is 3.03. The van der Waals surface area contributed by atoms with Crippen molar-refractivity contribution in [1.82, 2.24) is 14.5 Å². The van der Waals surface area contributed by atoms with Gasteiger partial charge in [0, 0.05) is 26.1 Å². The molecule has 2 aliphatic heterocycles. The first-order chi connectivity index (χ1) is 9.71. The molecule has 0 N–H and O–H groups in total. The summed E-state index contributed by atoms with van der Waals surface area (Å²) in [7, 11) is 1.73. The van der Waals surface area contributed by atoms with E-state index in [2.05, 4.69) is 4.98 Å². The van der Waals surface area contributed by atoms with E-state index in [1.54, 1.807) is 30.4 Å². The summed E-state index contributed by atoms with van der Waals surface area (Å²) in [5.74, 6) is 0.707. The molecule has 1 unspecified atom stereocenters. The van der Waals surface area contributed by atoms with Gasteiger partial charge in [-0.2, -0.15) is 0 Å². The Morgan fingerprint density at radius 3 is 3.10 bits per heavy atom. The lowest BCUT2D eigenvalue weighted by atomic mass is 9.86. The summed E-state index contributed by atoms with van der Waals surface area (Å²) < 4.78 is 12.8. The van der Waals surface area contributed by atoms with Crippen molar-refractivity contribution in [2.24, 2.45) is 5.92 Å². The number of nitrogens with zero attached hydrogens (tertiary/aromatic N) is 3. The van der Waals surface area contributed by atoms with E-state index in [9.17, 15) is 4.79 Å². The fraction of sp³-hybridized carbons (Fsp3) is 0.714. The highest BCUT2D eigenvalue weighted by Crippen LogP contribution is 2.39. The first-order valence-corrected chi connectivity index (χ1v) is 7.07. The molecule has 20 heavy (non-hydrogen) atoms. The number of methoxy groups -OCH3 is 1. The number of hydrogen-bond donors (Lipinski definition) is 0. The van der Waals surface area contributed by atoms with Crippen LogP contribution in [0.2, 0.25) is 0 Å². The van der Waals surface area contributed by atoms with E-state index in [4.69, 9.17) is 9.47 Å². The quantitative estimate of drug-likeness (QED) is 0.789. The van der Waals surface area contributed by atoms with Gasteiger partial charge in [0.15, 0.2) is 0 Å². The van der Waals surface area contributed by atoms with E-state index in [0.29, 0.717) is 12.5 Å². The SMILES string of the molecule is COCCC1COC2(C1)CN(C(=O)Cn1ccnc1)C2. The molecular formula is C14H21N3O3. The zero-order chi connectivity index (χ0) is 14.0. The maximum Gasteiger partial charge on any atom is 0.242 e. The van der Waals surface area contributed by atoms with Gasteiger partial charge in [-0.3, -0.25) is 4.79 Å². The van der Waals surface area contributed by atoms with Crippen LogP contribution in [0, 0.1) is 5.92 Å². The molecule has 1 amide bonds. The monoisotopic (exact) mass is 279 g/mol. The topological polar surface area (TPSA) is 56.6 Å². The molecule has 0 aliphatic carbocycles. The smallest absolute Gasteiger partial charge is 0.242 e. The van der Waals surface area contributed by atoms with Crippen molar-refractivity contribution in [2.45, 2.75) is 25.0 Å². The van der Waals surface area contributed by atoms with Gasteiger partial charge in [-0.1, -0.05) is 0 Å². The molecule has 0 aromatic carbocycles. The summed E-state index contributed by atoms with van der Waals surface area (Å²) in [5, 5.41) is 0. The van der Waals surface area contributed by atoms with Crippen molar-refractivity contribution in [3.8, 4) is 0 Å². The van der Waals surface area contributed by atoms with Crippen LogP contribution in [-0.2, 0) is 20.8 Å². The van der Waals surface area contributed by atoms with Gasteiger partial charge < -0.3 is 18.9 Å². The van der Waals surface area contributed by atoms with Crippen molar-refractivity contribution in [2.75, 3.05) is 33.4 Å². The predicted molar refractivity (Wildman–Crippen MR) is 72.1 cm³/mol. The van der Waals surface area contributed by atoms with Crippen LogP contribution in [0.5, 0.6) is 0 Å². The molecule has 1 aromatic heterocycles. The van der Waals surface area contributed by atoms with Crippen LogP contribution in [0.1, 0.15) is 12.8 Å². The Hall–Kier alpha value is -1.40. The number of carbonyl (C=O) groups excluding carboxylic acids is 1. The summed E-state index contributed by atoms with van der Waals surface area (Å²) in [4.78, 5) is 17.9. The molecule has 1 aromatic rings. The molecule has 3 heterocycles. The summed E-state index contributed by atoms with van der Waals surface area (Å²) in [5.41, 5.74) is -0.0804. The third-order valence-corrected chi connectivity index (χ3v) is 4.20. The largest absolute Gasteiger partial charge is 0.385 e. The van der Waals surface area contributed by atoms with Gasteiger partial charge >= 0.3 is 0 Å². The van der Waals surface area contributed by atoms with Crippen LogP contribution >= 0.6 is 0 Å². The van der Waals surface area contributed by atoms with Crippen LogP contribution in [0.25, 0.3) is 0 Å². The minimum atomic E-state index is -0.0804.